The molecule has 1 aliphatic rings. The van der Waals surface area contributed by atoms with E-state index in [0.29, 0.717) is 0 Å². The number of nitrogens with zero attached hydrogens (tertiary/aromatic N) is 1. The number of hydrogen-bond donors (Lipinski definition) is 1. The van der Waals surface area contributed by atoms with E-state index < -0.39 is 18.1 Å². The van der Waals surface area contributed by atoms with Crippen LogP contribution in [0.15, 0.2) is 0 Å². The lowest BCUT2D eigenvalue weighted by Crippen LogP contribution is -2.40. The Morgan fingerprint density at radius 2 is 2.21 bits per heavy atom. The zero-order valence-electron chi connectivity index (χ0n) is 8.40. The van der Waals surface area contributed by atoms with Crippen LogP contribution in [0.1, 0.15) is 20.3 Å². The van der Waals surface area contributed by atoms with E-state index in [1.165, 1.54) is 11.8 Å². The fraction of sp³-hybridized carbons (Fsp3) is 0.778. The number of rotatable bonds is 2. The smallest absolute Gasteiger partial charge is 0.328 e. The molecule has 0 aromatic heterocycles. The van der Waals surface area contributed by atoms with Gasteiger partial charge in [-0.25, -0.2) is 4.79 Å². The van der Waals surface area contributed by atoms with Crippen molar-refractivity contribution < 1.29 is 19.4 Å². The first-order valence-electron chi connectivity index (χ1n) is 4.68. The number of aliphatic hydroxyl groups excluding tert-OH is 1. The lowest BCUT2D eigenvalue weighted by atomic mass is 10.2. The Balaban J connectivity index is 2.66. The molecule has 2 atom stereocenters. The molecule has 0 radical (unpaired) electrons. The van der Waals surface area contributed by atoms with Gasteiger partial charge in [0.2, 0.25) is 5.91 Å². The van der Waals surface area contributed by atoms with Crippen molar-refractivity contribution in [3.63, 3.8) is 0 Å². The number of aliphatic hydroxyl groups is 1. The highest BCUT2D eigenvalue weighted by Gasteiger charge is 2.38. The molecule has 0 unspecified atom stereocenters. The summed E-state index contributed by atoms with van der Waals surface area (Å²) in [5.41, 5.74) is 0. The van der Waals surface area contributed by atoms with Crippen molar-refractivity contribution in [3.05, 3.63) is 0 Å². The van der Waals surface area contributed by atoms with Gasteiger partial charge in [-0.3, -0.25) is 4.79 Å². The second-order valence-electron chi connectivity index (χ2n) is 3.33. The fourth-order valence-corrected chi connectivity index (χ4v) is 1.62. The highest BCUT2D eigenvalue weighted by molar-refractivity contribution is 5.84. The van der Waals surface area contributed by atoms with Crippen molar-refractivity contribution in [1.82, 2.24) is 4.90 Å². The number of likely N-dealkylation sites (tertiary alicyclic amines) is 1. The molecule has 0 spiro atoms. The number of carbonyl (C=O) groups is 2. The molecule has 1 N–H and O–H groups in total. The van der Waals surface area contributed by atoms with Gasteiger partial charge in [0.25, 0.3) is 0 Å². The summed E-state index contributed by atoms with van der Waals surface area (Å²) in [6.45, 7) is 3.60. The SMILES string of the molecule is CCOC(=O)[C@@H]1C[C@H](O)CN1C(C)=O. The average molecular weight is 201 g/mol. The Labute approximate surface area is 82.6 Å². The third-order valence-corrected chi connectivity index (χ3v) is 2.24. The molecule has 1 aliphatic heterocycles. The summed E-state index contributed by atoms with van der Waals surface area (Å²) in [4.78, 5) is 23.8. The Morgan fingerprint density at radius 1 is 1.57 bits per heavy atom. The van der Waals surface area contributed by atoms with Gasteiger partial charge in [-0.2, -0.15) is 0 Å². The maximum absolute atomic E-state index is 11.4. The van der Waals surface area contributed by atoms with Crippen molar-refractivity contribution >= 4 is 11.9 Å². The van der Waals surface area contributed by atoms with Crippen LogP contribution in [0.2, 0.25) is 0 Å². The number of β-amino-alcohol motifs (C(OH)–C–C–N with tert-alkyl or cyclic N) is 1. The fourth-order valence-electron chi connectivity index (χ4n) is 1.62. The van der Waals surface area contributed by atoms with Crippen LogP contribution in [-0.4, -0.2) is 47.2 Å². The van der Waals surface area contributed by atoms with E-state index in [2.05, 4.69) is 0 Å². The standard InChI is InChI=1S/C9H15NO4/c1-3-14-9(13)8-4-7(12)5-10(8)6(2)11/h7-8,12H,3-5H2,1-2H3/t7-,8-/m0/s1. The predicted octanol–water partition coefficient (Wildman–Crippen LogP) is -0.469. The van der Waals surface area contributed by atoms with Crippen LogP contribution in [-0.2, 0) is 14.3 Å². The molecule has 1 heterocycles. The molecule has 1 rings (SSSR count). The zero-order valence-corrected chi connectivity index (χ0v) is 8.40. The molecule has 1 amide bonds. The Kier molecular flexibility index (Phi) is 3.46. The molecule has 0 saturated carbocycles. The zero-order chi connectivity index (χ0) is 10.7. The van der Waals surface area contributed by atoms with Crippen molar-refractivity contribution in [2.75, 3.05) is 13.2 Å². The van der Waals surface area contributed by atoms with Crippen molar-refractivity contribution in [2.24, 2.45) is 0 Å². The minimum absolute atomic E-state index is 0.209. The molecule has 1 saturated heterocycles. The van der Waals surface area contributed by atoms with Crippen LogP contribution in [0.4, 0.5) is 0 Å². The summed E-state index contributed by atoms with van der Waals surface area (Å²) in [5, 5.41) is 9.33. The van der Waals surface area contributed by atoms with Crippen LogP contribution in [0.3, 0.4) is 0 Å². The minimum Gasteiger partial charge on any atom is -0.464 e. The van der Waals surface area contributed by atoms with Gasteiger partial charge >= 0.3 is 5.97 Å². The number of carbonyl (C=O) groups excluding carboxylic acids is 2. The van der Waals surface area contributed by atoms with Crippen LogP contribution in [0.5, 0.6) is 0 Å². The highest BCUT2D eigenvalue weighted by Crippen LogP contribution is 2.19. The summed E-state index contributed by atoms with van der Waals surface area (Å²) >= 11 is 0. The monoisotopic (exact) mass is 201 g/mol. The normalized spacial score (nSPS) is 26.4. The molecule has 0 aromatic rings. The maximum atomic E-state index is 11.4. The van der Waals surface area contributed by atoms with E-state index in [0.717, 1.165) is 0 Å². The molecule has 14 heavy (non-hydrogen) atoms. The first kappa shape index (κ1) is 11.0. The predicted molar refractivity (Wildman–Crippen MR) is 48.4 cm³/mol. The molecular weight excluding hydrogens is 186 g/mol. The summed E-state index contributed by atoms with van der Waals surface area (Å²) in [6, 6.07) is -0.609. The summed E-state index contributed by atoms with van der Waals surface area (Å²) in [6.07, 6.45) is -0.341. The van der Waals surface area contributed by atoms with E-state index in [-0.39, 0.29) is 25.5 Å². The number of ether oxygens (including phenoxy) is 1. The molecule has 1 fully saturated rings. The van der Waals surface area contributed by atoms with Gasteiger partial charge in [0.15, 0.2) is 0 Å². The maximum Gasteiger partial charge on any atom is 0.328 e. The van der Waals surface area contributed by atoms with E-state index in [1.54, 1.807) is 6.92 Å². The number of hydrogen-bond acceptors (Lipinski definition) is 4. The van der Waals surface area contributed by atoms with Gasteiger partial charge in [0.05, 0.1) is 12.7 Å². The van der Waals surface area contributed by atoms with Gasteiger partial charge in [-0.05, 0) is 6.92 Å². The average Bonchev–Trinajstić information content (AvgIpc) is 2.48. The van der Waals surface area contributed by atoms with Crippen molar-refractivity contribution in [3.8, 4) is 0 Å². The van der Waals surface area contributed by atoms with E-state index in [1.807, 2.05) is 0 Å². The second-order valence-corrected chi connectivity index (χ2v) is 3.33. The van der Waals surface area contributed by atoms with Gasteiger partial charge in [-0.1, -0.05) is 0 Å². The Bertz CT molecular complexity index is 241. The largest absolute Gasteiger partial charge is 0.464 e. The molecule has 5 nitrogen and oxygen atoms in total. The first-order valence-corrected chi connectivity index (χ1v) is 4.68. The topological polar surface area (TPSA) is 66.8 Å². The first-order chi connectivity index (χ1) is 6.56. The third kappa shape index (κ3) is 2.23. The van der Waals surface area contributed by atoms with Gasteiger partial charge in [0.1, 0.15) is 6.04 Å². The molecular formula is C9H15NO4. The summed E-state index contributed by atoms with van der Waals surface area (Å²) < 4.78 is 4.81. The number of esters is 1. The van der Waals surface area contributed by atoms with Crippen molar-refractivity contribution in [2.45, 2.75) is 32.4 Å². The molecule has 80 valence electrons. The van der Waals surface area contributed by atoms with E-state index in [9.17, 15) is 14.7 Å². The number of amides is 1. The minimum atomic E-state index is -0.617. The Hall–Kier alpha value is -1.10. The van der Waals surface area contributed by atoms with E-state index in [4.69, 9.17) is 4.74 Å². The van der Waals surface area contributed by atoms with Crippen LogP contribution in [0.25, 0.3) is 0 Å². The summed E-state index contributed by atoms with van der Waals surface area (Å²) in [5.74, 6) is -0.640. The van der Waals surface area contributed by atoms with Gasteiger partial charge < -0.3 is 14.7 Å². The summed E-state index contributed by atoms with van der Waals surface area (Å²) in [7, 11) is 0. The molecule has 0 aliphatic carbocycles. The third-order valence-electron chi connectivity index (χ3n) is 2.24. The van der Waals surface area contributed by atoms with Gasteiger partial charge in [-0.15, -0.1) is 0 Å². The molecule has 0 bridgehead atoms. The van der Waals surface area contributed by atoms with Crippen LogP contribution < -0.4 is 0 Å². The van der Waals surface area contributed by atoms with Gasteiger partial charge in [0, 0.05) is 19.9 Å². The lowest BCUT2D eigenvalue weighted by Gasteiger charge is -2.20. The molecule has 0 aromatic carbocycles. The van der Waals surface area contributed by atoms with Crippen LogP contribution in [0, 0.1) is 0 Å². The lowest BCUT2D eigenvalue weighted by molar-refractivity contribution is -0.152. The quantitative estimate of drug-likeness (QED) is 0.613. The second kappa shape index (κ2) is 4.41. The molecule has 5 heteroatoms. The van der Waals surface area contributed by atoms with Crippen molar-refractivity contribution in [1.29, 1.82) is 0 Å². The Morgan fingerprint density at radius 3 is 2.71 bits per heavy atom. The highest BCUT2D eigenvalue weighted by atomic mass is 16.5. The van der Waals surface area contributed by atoms with E-state index >= 15 is 0 Å². The van der Waals surface area contributed by atoms with Crippen LogP contribution >= 0.6 is 0 Å².